The minimum absolute atomic E-state index is 0.290. The van der Waals surface area contributed by atoms with E-state index in [4.69, 9.17) is 5.84 Å². The Morgan fingerprint density at radius 2 is 2.46 bits per heavy atom. The molecule has 2 atom stereocenters. The van der Waals surface area contributed by atoms with E-state index < -0.39 is 0 Å². The number of nitrogens with one attached hydrogen (secondary N) is 1. The lowest BCUT2D eigenvalue weighted by Crippen LogP contribution is -2.48. The summed E-state index contributed by atoms with van der Waals surface area (Å²) in [6, 6.07) is 0.326. The highest BCUT2D eigenvalue weighted by molar-refractivity contribution is 8.00. The van der Waals surface area contributed by atoms with Crippen LogP contribution < -0.4 is 11.3 Å². The predicted octanol–water partition coefficient (Wildman–Crippen LogP) is 1.52. The van der Waals surface area contributed by atoms with Crippen molar-refractivity contribution in [2.45, 2.75) is 43.9 Å². The van der Waals surface area contributed by atoms with Crippen LogP contribution >= 0.6 is 11.8 Å². The number of hydrazine groups is 1. The lowest BCUT2D eigenvalue weighted by molar-refractivity contribution is 0.414. The predicted molar refractivity (Wildman–Crippen MR) is 59.3 cm³/mol. The van der Waals surface area contributed by atoms with Crippen LogP contribution in [0.25, 0.3) is 0 Å². The first-order valence-electron chi connectivity index (χ1n) is 4.72. The van der Waals surface area contributed by atoms with Crippen molar-refractivity contribution in [3.8, 4) is 11.8 Å². The van der Waals surface area contributed by atoms with Gasteiger partial charge >= 0.3 is 0 Å². The van der Waals surface area contributed by atoms with Crippen molar-refractivity contribution < 1.29 is 0 Å². The second-order valence-corrected chi connectivity index (χ2v) is 5.24. The second kappa shape index (κ2) is 4.90. The van der Waals surface area contributed by atoms with E-state index in [-0.39, 0.29) is 0 Å². The fourth-order valence-corrected chi connectivity index (χ4v) is 3.13. The standard InChI is InChI=1S/C10H18N2S/c1-3-4-6-9(12-11)10(2)7-5-8-13-10/h9,12H,5-8,11H2,1-2H3. The van der Waals surface area contributed by atoms with Crippen molar-refractivity contribution in [3.05, 3.63) is 0 Å². The fraction of sp³-hybridized carbons (Fsp3) is 0.800. The van der Waals surface area contributed by atoms with Crippen LogP contribution in [0.3, 0.4) is 0 Å². The van der Waals surface area contributed by atoms with Gasteiger partial charge in [-0.3, -0.25) is 11.3 Å². The molecule has 1 heterocycles. The number of rotatable bonds is 3. The van der Waals surface area contributed by atoms with Gasteiger partial charge in [0, 0.05) is 17.2 Å². The van der Waals surface area contributed by atoms with E-state index in [2.05, 4.69) is 24.2 Å². The van der Waals surface area contributed by atoms with Crippen LogP contribution in [0, 0.1) is 11.8 Å². The SMILES string of the molecule is CC#CCC(NN)C1(C)CCCS1. The van der Waals surface area contributed by atoms with Crippen molar-refractivity contribution in [2.24, 2.45) is 5.84 Å². The number of hydrogen-bond acceptors (Lipinski definition) is 3. The molecule has 0 spiro atoms. The van der Waals surface area contributed by atoms with E-state index in [9.17, 15) is 0 Å². The molecule has 0 radical (unpaired) electrons. The van der Waals surface area contributed by atoms with Crippen LogP contribution in [0.2, 0.25) is 0 Å². The van der Waals surface area contributed by atoms with Crippen LogP contribution in [0.15, 0.2) is 0 Å². The molecule has 74 valence electrons. The van der Waals surface area contributed by atoms with Crippen LogP contribution in [-0.4, -0.2) is 16.5 Å². The molecule has 0 aromatic heterocycles. The molecule has 1 rings (SSSR count). The van der Waals surface area contributed by atoms with Crippen LogP contribution in [0.1, 0.15) is 33.1 Å². The van der Waals surface area contributed by atoms with Gasteiger partial charge in [0.1, 0.15) is 0 Å². The van der Waals surface area contributed by atoms with E-state index in [1.54, 1.807) is 0 Å². The van der Waals surface area contributed by atoms with Crippen LogP contribution in [0.4, 0.5) is 0 Å². The van der Waals surface area contributed by atoms with E-state index >= 15 is 0 Å². The summed E-state index contributed by atoms with van der Waals surface area (Å²) < 4.78 is 0.290. The maximum Gasteiger partial charge on any atom is 0.0464 e. The van der Waals surface area contributed by atoms with Crippen LogP contribution in [-0.2, 0) is 0 Å². The van der Waals surface area contributed by atoms with E-state index in [0.29, 0.717) is 10.8 Å². The molecule has 2 unspecified atom stereocenters. The molecule has 0 aliphatic carbocycles. The van der Waals surface area contributed by atoms with Crippen LogP contribution in [0.5, 0.6) is 0 Å². The van der Waals surface area contributed by atoms with Gasteiger partial charge in [0.25, 0.3) is 0 Å². The Bertz CT molecular complexity index is 211. The summed E-state index contributed by atoms with van der Waals surface area (Å²) in [6.45, 7) is 4.16. The Hall–Kier alpha value is -0.170. The molecule has 3 N–H and O–H groups in total. The number of nitrogens with two attached hydrogens (primary N) is 1. The van der Waals surface area contributed by atoms with Gasteiger partial charge in [-0.2, -0.15) is 11.8 Å². The first kappa shape index (κ1) is 10.9. The Balaban J connectivity index is 2.56. The van der Waals surface area contributed by atoms with Gasteiger partial charge in [0.2, 0.25) is 0 Å². The highest BCUT2D eigenvalue weighted by Gasteiger charge is 2.36. The van der Waals surface area contributed by atoms with Gasteiger partial charge in [-0.25, -0.2) is 0 Å². The molecule has 3 heteroatoms. The average molecular weight is 198 g/mol. The van der Waals surface area contributed by atoms with Gasteiger partial charge in [-0.15, -0.1) is 11.8 Å². The molecule has 0 aromatic carbocycles. The van der Waals surface area contributed by atoms with Gasteiger partial charge < -0.3 is 0 Å². The van der Waals surface area contributed by atoms with Gasteiger partial charge in [-0.05, 0) is 32.4 Å². The smallest absolute Gasteiger partial charge is 0.0464 e. The molecule has 0 bridgehead atoms. The molecule has 1 saturated heterocycles. The van der Waals surface area contributed by atoms with E-state index in [1.165, 1.54) is 18.6 Å². The Morgan fingerprint density at radius 3 is 2.92 bits per heavy atom. The molecule has 2 nitrogen and oxygen atoms in total. The monoisotopic (exact) mass is 198 g/mol. The molecule has 1 fully saturated rings. The molecule has 0 aromatic rings. The van der Waals surface area contributed by atoms with Crippen molar-refractivity contribution in [1.29, 1.82) is 0 Å². The topological polar surface area (TPSA) is 38.0 Å². The first-order valence-corrected chi connectivity index (χ1v) is 5.71. The summed E-state index contributed by atoms with van der Waals surface area (Å²) in [6.07, 6.45) is 3.41. The Kier molecular flexibility index (Phi) is 4.11. The summed E-state index contributed by atoms with van der Waals surface area (Å²) >= 11 is 2.02. The largest absolute Gasteiger partial charge is 0.271 e. The molecular weight excluding hydrogens is 180 g/mol. The Labute approximate surface area is 85.0 Å². The van der Waals surface area contributed by atoms with Gasteiger partial charge in [0.15, 0.2) is 0 Å². The zero-order chi connectivity index (χ0) is 9.73. The normalized spacial score (nSPS) is 29.5. The maximum absolute atomic E-state index is 5.55. The summed E-state index contributed by atoms with van der Waals surface area (Å²) in [7, 11) is 0. The second-order valence-electron chi connectivity index (χ2n) is 3.61. The molecule has 13 heavy (non-hydrogen) atoms. The molecule has 1 aliphatic heterocycles. The highest BCUT2D eigenvalue weighted by Crippen LogP contribution is 2.40. The third-order valence-corrected chi connectivity index (χ3v) is 4.31. The highest BCUT2D eigenvalue weighted by atomic mass is 32.2. The summed E-state index contributed by atoms with van der Waals surface area (Å²) in [5, 5.41) is 0. The Morgan fingerprint density at radius 1 is 1.69 bits per heavy atom. The van der Waals surface area contributed by atoms with Crippen molar-refractivity contribution in [2.75, 3.05) is 5.75 Å². The number of thioether (sulfide) groups is 1. The molecule has 0 amide bonds. The third kappa shape index (κ3) is 2.63. The third-order valence-electron chi connectivity index (χ3n) is 2.67. The van der Waals surface area contributed by atoms with Gasteiger partial charge in [0.05, 0.1) is 0 Å². The summed E-state index contributed by atoms with van der Waals surface area (Å²) in [4.78, 5) is 0. The lowest BCUT2D eigenvalue weighted by atomic mass is 9.94. The minimum Gasteiger partial charge on any atom is -0.271 e. The average Bonchev–Trinajstić information content (AvgIpc) is 2.54. The van der Waals surface area contributed by atoms with E-state index in [1.807, 2.05) is 18.7 Å². The molecule has 0 saturated carbocycles. The molecular formula is C10H18N2S. The van der Waals surface area contributed by atoms with Crippen molar-refractivity contribution in [3.63, 3.8) is 0 Å². The van der Waals surface area contributed by atoms with Crippen molar-refractivity contribution in [1.82, 2.24) is 5.43 Å². The van der Waals surface area contributed by atoms with Gasteiger partial charge in [-0.1, -0.05) is 0 Å². The zero-order valence-electron chi connectivity index (χ0n) is 8.39. The minimum atomic E-state index is 0.290. The molecule has 1 aliphatic rings. The lowest BCUT2D eigenvalue weighted by Gasteiger charge is -2.31. The summed E-state index contributed by atoms with van der Waals surface area (Å²) in [5.41, 5.74) is 2.90. The first-order chi connectivity index (χ1) is 6.23. The van der Waals surface area contributed by atoms with Crippen molar-refractivity contribution >= 4 is 11.8 Å². The summed E-state index contributed by atoms with van der Waals surface area (Å²) in [5.74, 6) is 12.8. The number of hydrogen-bond donors (Lipinski definition) is 2. The zero-order valence-corrected chi connectivity index (χ0v) is 9.21. The maximum atomic E-state index is 5.55. The quantitative estimate of drug-likeness (QED) is 0.410. The fourth-order valence-electron chi connectivity index (χ4n) is 1.73. The van der Waals surface area contributed by atoms with E-state index in [0.717, 1.165) is 6.42 Å².